The van der Waals surface area contributed by atoms with Gasteiger partial charge in [0.2, 0.25) is 5.91 Å². The first kappa shape index (κ1) is 15.7. The lowest BCUT2D eigenvalue weighted by Gasteiger charge is -2.19. The van der Waals surface area contributed by atoms with E-state index in [4.69, 9.17) is 4.74 Å². The summed E-state index contributed by atoms with van der Waals surface area (Å²) in [7, 11) is 1.91. The number of ether oxygens (including phenoxy) is 1. The lowest BCUT2D eigenvalue weighted by Crippen LogP contribution is -2.26. The van der Waals surface area contributed by atoms with E-state index in [1.807, 2.05) is 38.6 Å². The molecule has 23 heavy (non-hydrogen) atoms. The van der Waals surface area contributed by atoms with E-state index < -0.39 is 0 Å². The molecule has 1 saturated heterocycles. The highest BCUT2D eigenvalue weighted by Crippen LogP contribution is 2.38. The summed E-state index contributed by atoms with van der Waals surface area (Å²) >= 11 is 0. The van der Waals surface area contributed by atoms with Crippen LogP contribution < -0.4 is 5.32 Å². The Morgan fingerprint density at radius 2 is 2.17 bits per heavy atom. The Balaban J connectivity index is 1.84. The number of rotatable bonds is 3. The number of aryl methyl sites for hydroxylation is 3. The molecule has 2 atom stereocenters. The van der Waals surface area contributed by atoms with Gasteiger partial charge in [-0.2, -0.15) is 5.10 Å². The molecule has 0 saturated carbocycles. The summed E-state index contributed by atoms with van der Waals surface area (Å²) in [6.45, 7) is 6.50. The van der Waals surface area contributed by atoms with Gasteiger partial charge in [0.1, 0.15) is 0 Å². The number of nitrogens with zero attached hydrogens (tertiary/aromatic N) is 3. The summed E-state index contributed by atoms with van der Waals surface area (Å²) in [4.78, 5) is 16.8. The average molecular weight is 314 g/mol. The Bertz CT molecular complexity index is 738. The van der Waals surface area contributed by atoms with E-state index in [1.54, 1.807) is 12.4 Å². The van der Waals surface area contributed by atoms with E-state index in [0.717, 1.165) is 28.2 Å². The van der Waals surface area contributed by atoms with Gasteiger partial charge < -0.3 is 10.1 Å². The van der Waals surface area contributed by atoms with Gasteiger partial charge >= 0.3 is 0 Å². The van der Waals surface area contributed by atoms with Gasteiger partial charge in [0.15, 0.2) is 0 Å². The molecule has 1 fully saturated rings. The molecule has 0 aromatic carbocycles. The summed E-state index contributed by atoms with van der Waals surface area (Å²) in [6.07, 6.45) is 3.91. The molecule has 3 heterocycles. The Hall–Kier alpha value is -2.21. The topological polar surface area (TPSA) is 69.0 Å². The highest BCUT2D eigenvalue weighted by atomic mass is 16.5. The standard InChI is InChI=1S/C17H22N4O2/c1-10-9-18-7-5-14(10)19-17(22)13-6-8-23-16(13)15-11(2)20-21(4)12(15)3/h5,7,9,13,16H,6,8H2,1-4H3,(H,18,19,22)/t13-,16-/m0/s1. The number of carbonyl (C=O) groups excluding carboxylic acids is 1. The second kappa shape index (κ2) is 6.12. The lowest BCUT2D eigenvalue weighted by molar-refractivity contribution is -0.121. The number of carbonyl (C=O) groups is 1. The van der Waals surface area contributed by atoms with Gasteiger partial charge in [0.05, 0.1) is 17.7 Å². The summed E-state index contributed by atoms with van der Waals surface area (Å²) in [5.41, 5.74) is 4.76. The van der Waals surface area contributed by atoms with Crippen LogP contribution in [-0.2, 0) is 16.6 Å². The molecule has 0 unspecified atom stereocenters. The smallest absolute Gasteiger partial charge is 0.230 e. The third-order valence-corrected chi connectivity index (χ3v) is 4.56. The number of hydrogen-bond acceptors (Lipinski definition) is 4. The van der Waals surface area contributed by atoms with Crippen LogP contribution in [0.5, 0.6) is 0 Å². The van der Waals surface area contributed by atoms with E-state index in [1.165, 1.54) is 0 Å². The van der Waals surface area contributed by atoms with Crippen LogP contribution in [0.2, 0.25) is 0 Å². The number of pyridine rings is 1. The predicted octanol–water partition coefficient (Wildman–Crippen LogP) is 2.46. The fourth-order valence-corrected chi connectivity index (χ4v) is 3.18. The Morgan fingerprint density at radius 3 is 2.83 bits per heavy atom. The number of nitrogens with one attached hydrogen (secondary N) is 1. The number of hydrogen-bond donors (Lipinski definition) is 1. The third-order valence-electron chi connectivity index (χ3n) is 4.56. The van der Waals surface area contributed by atoms with E-state index in [0.29, 0.717) is 13.0 Å². The van der Waals surface area contributed by atoms with Crippen LogP contribution in [0.3, 0.4) is 0 Å². The highest BCUT2D eigenvalue weighted by molar-refractivity contribution is 5.93. The second-order valence-electron chi connectivity index (χ2n) is 6.07. The monoisotopic (exact) mass is 314 g/mol. The Morgan fingerprint density at radius 1 is 1.39 bits per heavy atom. The first-order chi connectivity index (χ1) is 11.0. The molecule has 3 rings (SSSR count). The van der Waals surface area contributed by atoms with E-state index >= 15 is 0 Å². The molecule has 1 aliphatic heterocycles. The van der Waals surface area contributed by atoms with Gasteiger partial charge in [-0.05, 0) is 38.8 Å². The highest BCUT2D eigenvalue weighted by Gasteiger charge is 2.38. The van der Waals surface area contributed by atoms with Gasteiger partial charge in [0, 0.05) is 43.0 Å². The summed E-state index contributed by atoms with van der Waals surface area (Å²) < 4.78 is 7.73. The molecule has 1 aliphatic rings. The summed E-state index contributed by atoms with van der Waals surface area (Å²) in [6, 6.07) is 1.82. The van der Waals surface area contributed by atoms with Crippen LogP contribution >= 0.6 is 0 Å². The van der Waals surface area contributed by atoms with Gasteiger partial charge in [-0.3, -0.25) is 14.5 Å². The Labute approximate surface area is 135 Å². The van der Waals surface area contributed by atoms with Crippen molar-refractivity contribution in [1.82, 2.24) is 14.8 Å². The van der Waals surface area contributed by atoms with Crippen molar-refractivity contribution in [2.24, 2.45) is 13.0 Å². The van der Waals surface area contributed by atoms with Crippen molar-refractivity contribution in [3.63, 3.8) is 0 Å². The zero-order chi connectivity index (χ0) is 16.6. The molecule has 1 N–H and O–H groups in total. The van der Waals surface area contributed by atoms with Crippen molar-refractivity contribution in [2.75, 3.05) is 11.9 Å². The van der Waals surface area contributed by atoms with E-state index in [2.05, 4.69) is 15.4 Å². The van der Waals surface area contributed by atoms with E-state index in [-0.39, 0.29) is 17.9 Å². The van der Waals surface area contributed by atoms with Crippen LogP contribution in [0.4, 0.5) is 5.69 Å². The molecule has 0 spiro atoms. The first-order valence-corrected chi connectivity index (χ1v) is 7.82. The van der Waals surface area contributed by atoms with Crippen molar-refractivity contribution < 1.29 is 9.53 Å². The van der Waals surface area contributed by atoms with Crippen molar-refractivity contribution in [2.45, 2.75) is 33.3 Å². The molecule has 1 amide bonds. The second-order valence-corrected chi connectivity index (χ2v) is 6.07. The molecular formula is C17H22N4O2. The molecule has 122 valence electrons. The Kier molecular flexibility index (Phi) is 4.17. The largest absolute Gasteiger partial charge is 0.373 e. The average Bonchev–Trinajstić information content (AvgIpc) is 3.07. The fourth-order valence-electron chi connectivity index (χ4n) is 3.18. The van der Waals surface area contributed by atoms with Crippen LogP contribution in [-0.4, -0.2) is 27.3 Å². The fraction of sp³-hybridized carbons (Fsp3) is 0.471. The molecule has 0 bridgehead atoms. The minimum Gasteiger partial charge on any atom is -0.373 e. The normalized spacial score (nSPS) is 20.7. The lowest BCUT2D eigenvalue weighted by atomic mass is 9.93. The maximum atomic E-state index is 12.7. The molecule has 6 nitrogen and oxygen atoms in total. The number of amides is 1. The number of anilines is 1. The van der Waals surface area contributed by atoms with Crippen molar-refractivity contribution in [1.29, 1.82) is 0 Å². The molecule has 2 aromatic heterocycles. The van der Waals surface area contributed by atoms with Gasteiger partial charge in [-0.15, -0.1) is 0 Å². The van der Waals surface area contributed by atoms with E-state index in [9.17, 15) is 4.79 Å². The zero-order valence-electron chi connectivity index (χ0n) is 14.0. The van der Waals surface area contributed by atoms with Gasteiger partial charge in [-0.1, -0.05) is 0 Å². The number of aromatic nitrogens is 3. The van der Waals surface area contributed by atoms with Gasteiger partial charge in [-0.25, -0.2) is 0 Å². The van der Waals surface area contributed by atoms with Crippen molar-refractivity contribution >= 4 is 11.6 Å². The molecular weight excluding hydrogens is 292 g/mol. The first-order valence-electron chi connectivity index (χ1n) is 7.82. The minimum absolute atomic E-state index is 0.00977. The van der Waals surface area contributed by atoms with Crippen molar-refractivity contribution in [3.05, 3.63) is 41.0 Å². The maximum Gasteiger partial charge on any atom is 0.230 e. The van der Waals surface area contributed by atoms with Crippen LogP contribution in [0.25, 0.3) is 0 Å². The van der Waals surface area contributed by atoms with Crippen LogP contribution in [0.1, 0.15) is 35.0 Å². The molecule has 0 aliphatic carbocycles. The quantitative estimate of drug-likeness (QED) is 0.945. The SMILES string of the molecule is Cc1cnccc1NC(=O)[C@H]1CCO[C@@H]1c1c(C)nn(C)c1C. The zero-order valence-corrected chi connectivity index (χ0v) is 14.0. The minimum atomic E-state index is -0.231. The van der Waals surface area contributed by atoms with Crippen LogP contribution in [0, 0.1) is 26.7 Å². The molecule has 2 aromatic rings. The summed E-state index contributed by atoms with van der Waals surface area (Å²) in [5, 5.41) is 7.46. The van der Waals surface area contributed by atoms with Crippen molar-refractivity contribution in [3.8, 4) is 0 Å². The predicted molar refractivity (Wildman–Crippen MR) is 87.1 cm³/mol. The molecule has 0 radical (unpaired) electrons. The molecule has 6 heteroatoms. The maximum absolute atomic E-state index is 12.7. The van der Waals surface area contributed by atoms with Crippen LogP contribution in [0.15, 0.2) is 18.5 Å². The third kappa shape index (κ3) is 2.86. The van der Waals surface area contributed by atoms with Gasteiger partial charge in [0.25, 0.3) is 0 Å². The summed E-state index contributed by atoms with van der Waals surface area (Å²) in [5.74, 6) is -0.214.